The second-order valence-corrected chi connectivity index (χ2v) is 4.40. The molecule has 0 aliphatic rings. The molecule has 5 nitrogen and oxygen atoms in total. The summed E-state index contributed by atoms with van der Waals surface area (Å²) in [6.07, 6.45) is 2.41. The van der Waals surface area contributed by atoms with Crippen LogP contribution in [0.25, 0.3) is 5.65 Å². The first kappa shape index (κ1) is 12.2. The zero-order chi connectivity index (χ0) is 13.9. The minimum atomic E-state index is 0.591. The van der Waals surface area contributed by atoms with Crippen LogP contribution in [-0.2, 0) is 6.42 Å². The first-order valence-corrected chi connectivity index (χ1v) is 6.17. The van der Waals surface area contributed by atoms with Crippen LogP contribution in [0.3, 0.4) is 0 Å². The summed E-state index contributed by atoms with van der Waals surface area (Å²) in [5.41, 5.74) is 2.45. The van der Waals surface area contributed by atoms with E-state index in [1.165, 1.54) is 0 Å². The highest BCUT2D eigenvalue weighted by Crippen LogP contribution is 2.15. The Hall–Kier alpha value is -2.87. The van der Waals surface area contributed by atoms with Crippen molar-refractivity contribution in [1.29, 1.82) is 5.26 Å². The molecule has 0 amide bonds. The molecule has 98 valence electrons. The van der Waals surface area contributed by atoms with Crippen molar-refractivity contribution in [2.75, 3.05) is 7.11 Å². The zero-order valence-electron chi connectivity index (χ0n) is 10.9. The van der Waals surface area contributed by atoms with Gasteiger partial charge in [0.05, 0.1) is 12.7 Å². The third-order valence-electron chi connectivity index (χ3n) is 3.12. The summed E-state index contributed by atoms with van der Waals surface area (Å²) in [5, 5.41) is 17.2. The molecule has 0 fully saturated rings. The maximum absolute atomic E-state index is 8.95. The highest BCUT2D eigenvalue weighted by molar-refractivity contribution is 5.43. The molecule has 0 radical (unpaired) electrons. The summed E-state index contributed by atoms with van der Waals surface area (Å²) < 4.78 is 6.99. The van der Waals surface area contributed by atoms with Crippen LogP contribution in [0.2, 0.25) is 0 Å². The lowest BCUT2D eigenvalue weighted by Crippen LogP contribution is -1.97. The Morgan fingerprint density at radius 3 is 2.65 bits per heavy atom. The molecule has 3 aromatic rings. The van der Waals surface area contributed by atoms with Gasteiger partial charge in [-0.1, -0.05) is 12.1 Å². The number of ether oxygens (including phenoxy) is 1. The number of methoxy groups -OCH3 is 1. The van der Waals surface area contributed by atoms with Gasteiger partial charge in [0, 0.05) is 12.6 Å². The average Bonchev–Trinajstić information content (AvgIpc) is 2.90. The van der Waals surface area contributed by atoms with Crippen LogP contribution in [0, 0.1) is 11.3 Å². The van der Waals surface area contributed by atoms with Gasteiger partial charge in [-0.15, -0.1) is 10.2 Å². The summed E-state index contributed by atoms with van der Waals surface area (Å²) in [5.74, 6) is 1.63. The molecule has 0 N–H and O–H groups in total. The van der Waals surface area contributed by atoms with Crippen LogP contribution < -0.4 is 4.74 Å². The monoisotopic (exact) mass is 264 g/mol. The van der Waals surface area contributed by atoms with Crippen molar-refractivity contribution in [3.05, 3.63) is 59.5 Å². The fourth-order valence-electron chi connectivity index (χ4n) is 2.05. The van der Waals surface area contributed by atoms with Crippen LogP contribution in [0.15, 0.2) is 42.6 Å². The van der Waals surface area contributed by atoms with Gasteiger partial charge in [0.2, 0.25) is 0 Å². The topological polar surface area (TPSA) is 63.2 Å². The molecular weight excluding hydrogens is 252 g/mol. The van der Waals surface area contributed by atoms with Crippen LogP contribution >= 0.6 is 0 Å². The van der Waals surface area contributed by atoms with E-state index < -0.39 is 0 Å². The highest BCUT2D eigenvalue weighted by Gasteiger charge is 2.07. The van der Waals surface area contributed by atoms with E-state index in [0.717, 1.165) is 22.8 Å². The second-order valence-electron chi connectivity index (χ2n) is 4.40. The molecule has 0 saturated carbocycles. The van der Waals surface area contributed by atoms with E-state index in [9.17, 15) is 0 Å². The number of fused-ring (bicyclic) bond motifs is 1. The van der Waals surface area contributed by atoms with Gasteiger partial charge in [0.25, 0.3) is 0 Å². The Balaban J connectivity index is 1.95. The molecule has 0 bridgehead atoms. The molecule has 0 aliphatic carbocycles. The van der Waals surface area contributed by atoms with Crippen molar-refractivity contribution in [3.8, 4) is 11.8 Å². The summed E-state index contributed by atoms with van der Waals surface area (Å²) in [6.45, 7) is 0. The zero-order valence-corrected chi connectivity index (χ0v) is 10.9. The summed E-state index contributed by atoms with van der Waals surface area (Å²) >= 11 is 0. The molecule has 2 aromatic heterocycles. The highest BCUT2D eigenvalue weighted by atomic mass is 16.5. The smallest absolute Gasteiger partial charge is 0.160 e. The van der Waals surface area contributed by atoms with Crippen LogP contribution in [0.5, 0.6) is 5.75 Å². The minimum Gasteiger partial charge on any atom is -0.497 e. The lowest BCUT2D eigenvalue weighted by molar-refractivity contribution is 0.414. The van der Waals surface area contributed by atoms with E-state index in [1.807, 2.05) is 28.7 Å². The quantitative estimate of drug-likeness (QED) is 0.727. The van der Waals surface area contributed by atoms with Crippen LogP contribution in [0.1, 0.15) is 17.0 Å². The third-order valence-corrected chi connectivity index (χ3v) is 3.12. The van der Waals surface area contributed by atoms with Crippen LogP contribution in [0.4, 0.5) is 0 Å². The molecular formula is C15H12N4O. The van der Waals surface area contributed by atoms with Crippen molar-refractivity contribution in [2.24, 2.45) is 0 Å². The summed E-state index contributed by atoms with van der Waals surface area (Å²) in [6, 6.07) is 13.5. The predicted molar refractivity (Wildman–Crippen MR) is 73.5 cm³/mol. The number of hydrogen-bond acceptors (Lipinski definition) is 4. The molecule has 0 unspecified atom stereocenters. The lowest BCUT2D eigenvalue weighted by atomic mass is 10.1. The van der Waals surface area contributed by atoms with Crippen LogP contribution in [-0.4, -0.2) is 21.7 Å². The van der Waals surface area contributed by atoms with Crippen molar-refractivity contribution < 1.29 is 4.74 Å². The van der Waals surface area contributed by atoms with Crippen molar-refractivity contribution in [2.45, 2.75) is 6.42 Å². The fourth-order valence-corrected chi connectivity index (χ4v) is 2.05. The van der Waals surface area contributed by atoms with Crippen molar-refractivity contribution >= 4 is 5.65 Å². The van der Waals surface area contributed by atoms with Gasteiger partial charge in [-0.2, -0.15) is 5.26 Å². The molecule has 0 atom stereocenters. The van der Waals surface area contributed by atoms with Gasteiger partial charge < -0.3 is 4.74 Å². The fraction of sp³-hybridized carbons (Fsp3) is 0.133. The summed E-state index contributed by atoms with van der Waals surface area (Å²) in [7, 11) is 1.64. The van der Waals surface area contributed by atoms with Crippen molar-refractivity contribution in [3.63, 3.8) is 0 Å². The van der Waals surface area contributed by atoms with E-state index in [2.05, 4.69) is 16.3 Å². The number of nitriles is 1. The molecule has 0 spiro atoms. The molecule has 0 saturated heterocycles. The maximum atomic E-state index is 8.95. The van der Waals surface area contributed by atoms with Gasteiger partial charge in [0.15, 0.2) is 5.65 Å². The largest absolute Gasteiger partial charge is 0.497 e. The molecule has 1 aromatic carbocycles. The molecule has 3 rings (SSSR count). The number of aromatic nitrogens is 3. The van der Waals surface area contributed by atoms with E-state index in [0.29, 0.717) is 12.0 Å². The average molecular weight is 264 g/mol. The predicted octanol–water partition coefficient (Wildman–Crippen LogP) is 2.20. The molecule has 2 heterocycles. The number of rotatable bonds is 3. The van der Waals surface area contributed by atoms with E-state index in [1.54, 1.807) is 25.4 Å². The Bertz CT molecular complexity index is 784. The normalized spacial score (nSPS) is 10.4. The van der Waals surface area contributed by atoms with Gasteiger partial charge in [-0.05, 0) is 29.8 Å². The Labute approximate surface area is 116 Å². The molecule has 0 aliphatic heterocycles. The maximum Gasteiger partial charge on any atom is 0.160 e. The number of nitrogens with zero attached hydrogens (tertiary/aromatic N) is 4. The van der Waals surface area contributed by atoms with Gasteiger partial charge in [-0.3, -0.25) is 4.40 Å². The first-order chi connectivity index (χ1) is 9.80. The first-order valence-electron chi connectivity index (χ1n) is 6.17. The van der Waals surface area contributed by atoms with Gasteiger partial charge in [0.1, 0.15) is 17.6 Å². The van der Waals surface area contributed by atoms with E-state index >= 15 is 0 Å². The molecule has 5 heteroatoms. The van der Waals surface area contributed by atoms with Gasteiger partial charge >= 0.3 is 0 Å². The Morgan fingerprint density at radius 1 is 1.15 bits per heavy atom. The third kappa shape index (κ3) is 2.19. The SMILES string of the molecule is COc1ccc(Cc2nnc3ccc(C#N)cn23)cc1. The van der Waals surface area contributed by atoms with Gasteiger partial charge in [-0.25, -0.2) is 0 Å². The van der Waals surface area contributed by atoms with E-state index in [-0.39, 0.29) is 0 Å². The van der Waals surface area contributed by atoms with Crippen molar-refractivity contribution in [1.82, 2.24) is 14.6 Å². The molecule has 20 heavy (non-hydrogen) atoms. The van der Waals surface area contributed by atoms with E-state index in [4.69, 9.17) is 10.00 Å². The minimum absolute atomic E-state index is 0.591. The second kappa shape index (κ2) is 5.02. The lowest BCUT2D eigenvalue weighted by Gasteiger charge is -2.03. The Morgan fingerprint density at radius 2 is 1.95 bits per heavy atom. The summed E-state index contributed by atoms with van der Waals surface area (Å²) in [4.78, 5) is 0. The Kier molecular flexibility index (Phi) is 3.05. The number of hydrogen-bond donors (Lipinski definition) is 0. The number of pyridine rings is 1. The number of benzene rings is 1. The standard InChI is InChI=1S/C15H12N4O/c1-20-13-5-2-11(3-6-13)8-15-18-17-14-7-4-12(9-16)10-19(14)15/h2-7,10H,8H2,1H3.